The van der Waals surface area contributed by atoms with E-state index in [1.807, 2.05) is 7.05 Å². The minimum absolute atomic E-state index is 0.155. The molecule has 0 spiro atoms. The standard InChI is InChI=1S/C27H33F3N2O3/c1-31-15-20-4-2-3-5-24(20)19-8-6-17(7-9-19)10-18-11-21(27(28,29)30)13-22(12-18)35-23-14-25(26(33)34)32-16-23/h2-5,11-13,17,19,23,25,31-32H,6-10,14-16H2,1H3,(H,33,34)/t17-,19-,23-,25-/m0/s1. The fourth-order valence-electron chi connectivity index (χ4n) is 5.48. The lowest BCUT2D eigenvalue weighted by atomic mass is 9.75. The lowest BCUT2D eigenvalue weighted by Gasteiger charge is -2.30. The molecule has 35 heavy (non-hydrogen) atoms. The number of carbonyl (C=O) groups is 1. The van der Waals surface area contributed by atoms with E-state index in [9.17, 15) is 18.0 Å². The maximum atomic E-state index is 13.6. The largest absolute Gasteiger partial charge is 0.489 e. The quantitative estimate of drug-likeness (QED) is 0.478. The molecule has 0 aromatic heterocycles. The molecule has 5 nitrogen and oxygen atoms in total. The van der Waals surface area contributed by atoms with E-state index in [0.29, 0.717) is 30.4 Å². The molecule has 190 valence electrons. The van der Waals surface area contributed by atoms with Gasteiger partial charge in [0.2, 0.25) is 0 Å². The molecule has 3 N–H and O–H groups in total. The Kier molecular flexibility index (Phi) is 8.02. The topological polar surface area (TPSA) is 70.6 Å². The molecule has 2 aromatic carbocycles. The number of halogens is 3. The summed E-state index contributed by atoms with van der Waals surface area (Å²) >= 11 is 0. The van der Waals surface area contributed by atoms with Gasteiger partial charge in [0.15, 0.2) is 0 Å². The van der Waals surface area contributed by atoms with E-state index in [0.717, 1.165) is 38.3 Å². The molecule has 1 saturated heterocycles. The smallest absolute Gasteiger partial charge is 0.416 e. The summed E-state index contributed by atoms with van der Waals surface area (Å²) in [5.41, 5.74) is 2.58. The molecule has 1 saturated carbocycles. The van der Waals surface area contributed by atoms with Crippen molar-refractivity contribution in [1.29, 1.82) is 0 Å². The Labute approximate surface area is 204 Å². The molecule has 4 rings (SSSR count). The van der Waals surface area contributed by atoms with Crippen LogP contribution in [0.5, 0.6) is 5.75 Å². The summed E-state index contributed by atoms with van der Waals surface area (Å²) in [6.45, 7) is 1.12. The predicted octanol–water partition coefficient (Wildman–Crippen LogP) is 5.14. The Bertz CT molecular complexity index is 1020. The lowest BCUT2D eigenvalue weighted by Crippen LogP contribution is -2.30. The van der Waals surface area contributed by atoms with E-state index in [1.165, 1.54) is 17.2 Å². The third kappa shape index (κ3) is 6.55. The van der Waals surface area contributed by atoms with Crippen molar-refractivity contribution in [3.8, 4) is 5.75 Å². The number of nitrogens with one attached hydrogen (secondary N) is 2. The fraction of sp³-hybridized carbons (Fsp3) is 0.519. The van der Waals surface area contributed by atoms with Gasteiger partial charge in [-0.25, -0.2) is 0 Å². The van der Waals surface area contributed by atoms with E-state index in [1.54, 1.807) is 6.07 Å². The SMILES string of the molecule is CNCc1ccccc1[C@H]1CC[C@H](Cc2cc(O[C@@H]3CN[C@H](C(=O)O)C3)cc(C(F)(F)F)c2)CC1. The second-order valence-electron chi connectivity index (χ2n) is 9.79. The van der Waals surface area contributed by atoms with Gasteiger partial charge in [-0.3, -0.25) is 4.79 Å². The number of carboxylic acids is 1. The van der Waals surface area contributed by atoms with Crippen LogP contribution in [0, 0.1) is 5.92 Å². The molecule has 8 heteroatoms. The van der Waals surface area contributed by atoms with Crippen LogP contribution in [0.1, 0.15) is 60.3 Å². The second-order valence-corrected chi connectivity index (χ2v) is 9.79. The highest BCUT2D eigenvalue weighted by atomic mass is 19.4. The molecular formula is C27H33F3N2O3. The first-order valence-corrected chi connectivity index (χ1v) is 12.3. The Balaban J connectivity index is 1.42. The Morgan fingerprint density at radius 3 is 2.54 bits per heavy atom. The minimum Gasteiger partial charge on any atom is -0.489 e. The van der Waals surface area contributed by atoms with Gasteiger partial charge in [-0.2, -0.15) is 13.2 Å². The van der Waals surface area contributed by atoms with Crippen LogP contribution in [-0.4, -0.2) is 36.8 Å². The van der Waals surface area contributed by atoms with E-state index < -0.39 is 29.9 Å². The van der Waals surface area contributed by atoms with Gasteiger partial charge < -0.3 is 20.5 Å². The monoisotopic (exact) mass is 490 g/mol. The van der Waals surface area contributed by atoms with Crippen molar-refractivity contribution in [2.45, 2.75) is 69.3 Å². The number of ether oxygens (including phenoxy) is 1. The maximum absolute atomic E-state index is 13.6. The molecule has 1 aliphatic heterocycles. The fourth-order valence-corrected chi connectivity index (χ4v) is 5.48. The molecular weight excluding hydrogens is 457 g/mol. The van der Waals surface area contributed by atoms with Gasteiger partial charge in [0.05, 0.1) is 5.56 Å². The summed E-state index contributed by atoms with van der Waals surface area (Å²) in [5, 5.41) is 15.2. The van der Waals surface area contributed by atoms with Crippen molar-refractivity contribution in [2.24, 2.45) is 5.92 Å². The van der Waals surface area contributed by atoms with Crippen molar-refractivity contribution in [2.75, 3.05) is 13.6 Å². The Morgan fingerprint density at radius 2 is 1.89 bits per heavy atom. The van der Waals surface area contributed by atoms with E-state index in [-0.39, 0.29) is 12.2 Å². The molecule has 0 bridgehead atoms. The number of hydrogen-bond acceptors (Lipinski definition) is 4. The van der Waals surface area contributed by atoms with E-state index in [4.69, 9.17) is 9.84 Å². The third-order valence-corrected chi connectivity index (χ3v) is 7.22. The lowest BCUT2D eigenvalue weighted by molar-refractivity contribution is -0.139. The highest BCUT2D eigenvalue weighted by Crippen LogP contribution is 2.40. The highest BCUT2D eigenvalue weighted by molar-refractivity contribution is 5.73. The molecule has 2 aromatic rings. The Morgan fingerprint density at radius 1 is 1.14 bits per heavy atom. The minimum atomic E-state index is -4.47. The average Bonchev–Trinajstić information content (AvgIpc) is 3.28. The van der Waals surface area contributed by atoms with Crippen LogP contribution in [0.4, 0.5) is 13.2 Å². The van der Waals surface area contributed by atoms with Crippen LogP contribution >= 0.6 is 0 Å². The van der Waals surface area contributed by atoms with Gasteiger partial charge in [0, 0.05) is 19.5 Å². The van der Waals surface area contributed by atoms with Gasteiger partial charge in [-0.15, -0.1) is 0 Å². The molecule has 2 aliphatic rings. The molecule has 2 fully saturated rings. The van der Waals surface area contributed by atoms with E-state index in [2.05, 4.69) is 34.9 Å². The number of benzene rings is 2. The molecule has 0 radical (unpaired) electrons. The number of carboxylic acid groups (broad SMARTS) is 1. The molecule has 0 unspecified atom stereocenters. The van der Waals surface area contributed by atoms with Crippen LogP contribution in [0.15, 0.2) is 42.5 Å². The normalized spacial score (nSPS) is 24.9. The molecule has 1 aliphatic carbocycles. The zero-order valence-corrected chi connectivity index (χ0v) is 19.9. The van der Waals surface area contributed by atoms with Crippen molar-refractivity contribution in [3.05, 3.63) is 64.7 Å². The summed E-state index contributed by atoms with van der Waals surface area (Å²) in [5.74, 6) is -0.0239. The molecule has 2 atom stereocenters. The molecule has 1 heterocycles. The summed E-state index contributed by atoms with van der Waals surface area (Å²) in [7, 11) is 1.94. The summed E-state index contributed by atoms with van der Waals surface area (Å²) < 4.78 is 46.6. The van der Waals surface area contributed by atoms with Crippen LogP contribution in [0.2, 0.25) is 0 Å². The van der Waals surface area contributed by atoms with Crippen LogP contribution in [-0.2, 0) is 23.9 Å². The molecule has 0 amide bonds. The van der Waals surface area contributed by atoms with Gasteiger partial charge in [0.25, 0.3) is 0 Å². The summed E-state index contributed by atoms with van der Waals surface area (Å²) in [4.78, 5) is 11.2. The number of rotatable bonds is 8. The maximum Gasteiger partial charge on any atom is 0.416 e. The first-order valence-electron chi connectivity index (χ1n) is 12.3. The van der Waals surface area contributed by atoms with Crippen molar-refractivity contribution in [1.82, 2.24) is 10.6 Å². The summed E-state index contributed by atoms with van der Waals surface area (Å²) in [6, 6.07) is 11.7. The van der Waals surface area contributed by atoms with Crippen molar-refractivity contribution >= 4 is 5.97 Å². The zero-order chi connectivity index (χ0) is 25.0. The van der Waals surface area contributed by atoms with Gasteiger partial charge in [0.1, 0.15) is 17.9 Å². The first kappa shape index (κ1) is 25.5. The average molecular weight is 491 g/mol. The van der Waals surface area contributed by atoms with Crippen LogP contribution in [0.25, 0.3) is 0 Å². The van der Waals surface area contributed by atoms with Gasteiger partial charge >= 0.3 is 12.1 Å². The van der Waals surface area contributed by atoms with Crippen LogP contribution < -0.4 is 15.4 Å². The van der Waals surface area contributed by atoms with Crippen LogP contribution in [0.3, 0.4) is 0 Å². The third-order valence-electron chi connectivity index (χ3n) is 7.22. The van der Waals surface area contributed by atoms with Gasteiger partial charge in [-0.05, 0) is 85.9 Å². The van der Waals surface area contributed by atoms with Gasteiger partial charge in [-0.1, -0.05) is 24.3 Å². The van der Waals surface area contributed by atoms with Crippen molar-refractivity contribution in [3.63, 3.8) is 0 Å². The zero-order valence-electron chi connectivity index (χ0n) is 19.9. The number of alkyl halides is 3. The highest BCUT2D eigenvalue weighted by Gasteiger charge is 2.34. The predicted molar refractivity (Wildman–Crippen MR) is 128 cm³/mol. The number of hydrogen-bond donors (Lipinski definition) is 3. The first-order chi connectivity index (χ1) is 16.7. The Hall–Kier alpha value is -2.58. The van der Waals surface area contributed by atoms with Crippen molar-refractivity contribution < 1.29 is 27.8 Å². The summed E-state index contributed by atoms with van der Waals surface area (Å²) in [6.07, 6.45) is -0.154. The number of aliphatic carboxylic acids is 1. The second kappa shape index (κ2) is 11.0. The van der Waals surface area contributed by atoms with E-state index >= 15 is 0 Å².